The first-order valence-corrected chi connectivity index (χ1v) is 14.1. The number of piperazine rings is 1. The number of hydrogen-bond donors (Lipinski definition) is 1. The van der Waals surface area contributed by atoms with E-state index in [9.17, 15) is 4.79 Å². The van der Waals surface area contributed by atoms with Crippen LogP contribution in [0.25, 0.3) is 10.9 Å². The van der Waals surface area contributed by atoms with Crippen LogP contribution in [-0.4, -0.2) is 63.4 Å². The van der Waals surface area contributed by atoms with E-state index in [-0.39, 0.29) is 11.6 Å². The monoisotopic (exact) mass is 549 g/mol. The number of aromatic amines is 1. The summed E-state index contributed by atoms with van der Waals surface area (Å²) in [5, 5.41) is 14.0. The fraction of sp³-hybridized carbons (Fsp3) is 0.312. The number of tetrazole rings is 1. The van der Waals surface area contributed by atoms with E-state index in [1.165, 1.54) is 11.1 Å². The smallest absolute Gasteiger partial charge is 0.253 e. The number of nitrogens with one attached hydrogen (secondary N) is 1. The number of fused-ring (bicyclic) bond motifs is 1. The van der Waals surface area contributed by atoms with Crippen molar-refractivity contribution in [2.24, 2.45) is 0 Å². The molecule has 1 atom stereocenters. The average Bonchev–Trinajstić information content (AvgIpc) is 3.46. The third-order valence-electron chi connectivity index (χ3n) is 8.14. The molecule has 3 heterocycles. The van der Waals surface area contributed by atoms with Crippen LogP contribution in [0.2, 0.25) is 0 Å². The molecular formula is C32H35N7O2. The molecule has 0 unspecified atom stereocenters. The Balaban J connectivity index is 1.35. The number of nitrogens with zero attached hydrogens (tertiary/aromatic N) is 6. The molecule has 9 nitrogen and oxygen atoms in total. The van der Waals surface area contributed by atoms with Gasteiger partial charge in [0.25, 0.3) is 5.56 Å². The van der Waals surface area contributed by atoms with Crippen LogP contribution >= 0.6 is 0 Å². The van der Waals surface area contributed by atoms with Crippen LogP contribution in [0.15, 0.2) is 77.6 Å². The molecule has 0 spiro atoms. The van der Waals surface area contributed by atoms with Gasteiger partial charge in [-0.05, 0) is 83.1 Å². The van der Waals surface area contributed by atoms with E-state index in [1.807, 2.05) is 47.1 Å². The summed E-state index contributed by atoms with van der Waals surface area (Å²) >= 11 is 0. The summed E-state index contributed by atoms with van der Waals surface area (Å²) < 4.78 is 7.30. The first kappa shape index (κ1) is 26.7. The van der Waals surface area contributed by atoms with Crippen molar-refractivity contribution in [1.82, 2.24) is 30.1 Å². The van der Waals surface area contributed by atoms with Crippen molar-refractivity contribution in [2.45, 2.75) is 32.9 Å². The zero-order valence-corrected chi connectivity index (χ0v) is 23.7. The number of hydrogen-bond acceptors (Lipinski definition) is 7. The number of aryl methyl sites for hydroxylation is 4. The first-order chi connectivity index (χ1) is 20.0. The van der Waals surface area contributed by atoms with Crippen molar-refractivity contribution in [3.8, 4) is 5.75 Å². The fourth-order valence-corrected chi connectivity index (χ4v) is 5.69. The van der Waals surface area contributed by atoms with Gasteiger partial charge in [0.1, 0.15) is 11.8 Å². The van der Waals surface area contributed by atoms with E-state index >= 15 is 0 Å². The van der Waals surface area contributed by atoms with Crippen molar-refractivity contribution in [2.75, 3.05) is 38.2 Å². The molecule has 1 fully saturated rings. The van der Waals surface area contributed by atoms with Crippen LogP contribution < -0.4 is 15.2 Å². The predicted octanol–water partition coefficient (Wildman–Crippen LogP) is 4.29. The average molecular weight is 550 g/mol. The number of benzene rings is 3. The molecule has 0 amide bonds. The number of rotatable bonds is 8. The molecule has 0 aliphatic carbocycles. The molecule has 2 aromatic heterocycles. The normalized spacial score (nSPS) is 14.9. The number of ether oxygens (including phenoxy) is 1. The maximum absolute atomic E-state index is 13.7. The molecule has 1 N–H and O–H groups in total. The molecule has 1 aliphatic rings. The van der Waals surface area contributed by atoms with E-state index < -0.39 is 0 Å². The molecule has 0 saturated carbocycles. The van der Waals surface area contributed by atoms with E-state index in [4.69, 9.17) is 4.74 Å². The van der Waals surface area contributed by atoms with Crippen LogP contribution in [0.5, 0.6) is 5.75 Å². The maximum Gasteiger partial charge on any atom is 0.253 e. The molecule has 0 radical (unpaired) electrons. The summed E-state index contributed by atoms with van der Waals surface area (Å²) in [6.45, 7) is 7.88. The maximum atomic E-state index is 13.7. The topological polar surface area (TPSA) is 92.2 Å². The van der Waals surface area contributed by atoms with Crippen molar-refractivity contribution in [3.63, 3.8) is 0 Å². The first-order valence-electron chi connectivity index (χ1n) is 14.1. The third kappa shape index (κ3) is 5.58. The van der Waals surface area contributed by atoms with E-state index in [1.54, 1.807) is 7.11 Å². The molecule has 0 bridgehead atoms. The standard InChI is InChI=1S/C32H35N7O2/c1-22-18-25-20-28(32(40)33-29(25)19-23(22)2)30(31-34-35-36-39(31)13-12-24-8-5-4-6-9-24)38-16-14-37(15-17-38)26-10-7-11-27(21-26)41-3/h4-11,18-21,30H,12-17H2,1-3H3,(H,33,40)/t30-/m1/s1. The summed E-state index contributed by atoms with van der Waals surface area (Å²) in [5.74, 6) is 1.53. The second kappa shape index (κ2) is 11.5. The zero-order chi connectivity index (χ0) is 28.3. The van der Waals surface area contributed by atoms with Gasteiger partial charge in [0.15, 0.2) is 5.82 Å². The van der Waals surface area contributed by atoms with Crippen LogP contribution in [0, 0.1) is 13.8 Å². The highest BCUT2D eigenvalue weighted by atomic mass is 16.5. The molecule has 210 valence electrons. The van der Waals surface area contributed by atoms with Crippen molar-refractivity contribution >= 4 is 16.6 Å². The number of aromatic nitrogens is 5. The van der Waals surface area contributed by atoms with Gasteiger partial charge in [-0.25, -0.2) is 4.68 Å². The van der Waals surface area contributed by atoms with Crippen LogP contribution in [-0.2, 0) is 13.0 Å². The lowest BCUT2D eigenvalue weighted by molar-refractivity contribution is 0.199. The SMILES string of the molecule is COc1cccc(N2CCN([C@H](c3cc4cc(C)c(C)cc4[nH]c3=O)c3nnnn3CCc3ccccc3)CC2)c1. The largest absolute Gasteiger partial charge is 0.497 e. The lowest BCUT2D eigenvalue weighted by Gasteiger charge is -2.39. The number of anilines is 1. The summed E-state index contributed by atoms with van der Waals surface area (Å²) in [5.41, 5.74) is 6.06. The van der Waals surface area contributed by atoms with E-state index in [2.05, 4.69) is 74.5 Å². The minimum absolute atomic E-state index is 0.112. The Hall–Kier alpha value is -4.50. The Morgan fingerprint density at radius 3 is 2.49 bits per heavy atom. The van der Waals surface area contributed by atoms with E-state index in [0.717, 1.165) is 60.5 Å². The van der Waals surface area contributed by atoms with Crippen LogP contribution in [0.4, 0.5) is 5.69 Å². The van der Waals surface area contributed by atoms with Crippen LogP contribution in [0.1, 0.15) is 34.1 Å². The number of H-pyrrole nitrogens is 1. The Labute approximate surface area is 239 Å². The number of pyridine rings is 1. The fourth-order valence-electron chi connectivity index (χ4n) is 5.69. The van der Waals surface area contributed by atoms with Crippen molar-refractivity contribution in [1.29, 1.82) is 0 Å². The molecule has 1 aliphatic heterocycles. The van der Waals surface area contributed by atoms with Gasteiger partial charge in [-0.3, -0.25) is 9.69 Å². The molecule has 1 saturated heterocycles. The second-order valence-electron chi connectivity index (χ2n) is 10.7. The van der Waals surface area contributed by atoms with Gasteiger partial charge >= 0.3 is 0 Å². The van der Waals surface area contributed by atoms with E-state index in [0.29, 0.717) is 17.9 Å². The third-order valence-corrected chi connectivity index (χ3v) is 8.14. The molecule has 9 heteroatoms. The Kier molecular flexibility index (Phi) is 7.52. The van der Waals surface area contributed by atoms with Crippen molar-refractivity contribution in [3.05, 3.63) is 111 Å². The van der Waals surface area contributed by atoms with Gasteiger partial charge in [0.2, 0.25) is 0 Å². The Bertz CT molecular complexity index is 1700. The summed E-state index contributed by atoms with van der Waals surface area (Å²) in [7, 11) is 1.69. The van der Waals surface area contributed by atoms with Crippen LogP contribution in [0.3, 0.4) is 0 Å². The second-order valence-corrected chi connectivity index (χ2v) is 10.7. The molecular weight excluding hydrogens is 514 g/mol. The minimum Gasteiger partial charge on any atom is -0.497 e. The Morgan fingerprint density at radius 1 is 0.927 bits per heavy atom. The lowest BCUT2D eigenvalue weighted by atomic mass is 10.00. The van der Waals surface area contributed by atoms with Gasteiger partial charge in [-0.1, -0.05) is 36.4 Å². The summed E-state index contributed by atoms with van der Waals surface area (Å²) in [6, 6.07) is 24.3. The highest BCUT2D eigenvalue weighted by Gasteiger charge is 2.33. The number of methoxy groups -OCH3 is 1. The summed E-state index contributed by atoms with van der Waals surface area (Å²) in [6.07, 6.45) is 0.793. The molecule has 5 aromatic rings. The molecule has 6 rings (SSSR count). The summed E-state index contributed by atoms with van der Waals surface area (Å²) in [4.78, 5) is 21.5. The highest BCUT2D eigenvalue weighted by molar-refractivity contribution is 5.81. The lowest BCUT2D eigenvalue weighted by Crippen LogP contribution is -2.49. The van der Waals surface area contributed by atoms with Gasteiger partial charge in [-0.15, -0.1) is 5.10 Å². The predicted molar refractivity (Wildman–Crippen MR) is 161 cm³/mol. The van der Waals surface area contributed by atoms with Crippen molar-refractivity contribution < 1.29 is 4.74 Å². The highest BCUT2D eigenvalue weighted by Crippen LogP contribution is 2.30. The Morgan fingerprint density at radius 2 is 1.71 bits per heavy atom. The van der Waals surface area contributed by atoms with Gasteiger partial charge < -0.3 is 14.6 Å². The van der Waals surface area contributed by atoms with Gasteiger partial charge in [-0.2, -0.15) is 0 Å². The quantitative estimate of drug-likeness (QED) is 0.309. The van der Waals surface area contributed by atoms with Gasteiger partial charge in [0.05, 0.1) is 7.11 Å². The zero-order valence-electron chi connectivity index (χ0n) is 23.7. The molecule has 3 aromatic carbocycles. The van der Waals surface area contributed by atoms with Gasteiger partial charge in [0, 0.05) is 55.6 Å². The molecule has 41 heavy (non-hydrogen) atoms. The minimum atomic E-state index is -0.386.